The van der Waals surface area contributed by atoms with Crippen LogP contribution in [0.1, 0.15) is 18.9 Å². The Labute approximate surface area is 131 Å². The van der Waals surface area contributed by atoms with E-state index in [0.717, 1.165) is 4.31 Å². The standard InChI is InChI=1S/C11H16N4O5S2/c1-6(2)8(11(17)18)13-9-10(16)14-22(19,20)15(9)5-7-12-3-4-21-7/h3-4,6,8-9,13H,5H2,1-2H3,(H,14,16)(H,17,18)/t8-,9+/m0/s1. The molecule has 0 radical (unpaired) electrons. The highest BCUT2D eigenvalue weighted by Gasteiger charge is 2.46. The molecule has 0 unspecified atom stereocenters. The highest BCUT2D eigenvalue weighted by Crippen LogP contribution is 2.19. The predicted molar refractivity (Wildman–Crippen MR) is 77.9 cm³/mol. The molecule has 122 valence electrons. The van der Waals surface area contributed by atoms with Crippen molar-refractivity contribution in [1.82, 2.24) is 19.3 Å². The first-order valence-electron chi connectivity index (χ1n) is 6.43. The first-order chi connectivity index (χ1) is 10.2. The zero-order valence-corrected chi connectivity index (χ0v) is 13.5. The van der Waals surface area contributed by atoms with E-state index in [1.807, 2.05) is 4.72 Å². The third-order valence-electron chi connectivity index (χ3n) is 3.12. The van der Waals surface area contributed by atoms with E-state index in [4.69, 9.17) is 0 Å². The summed E-state index contributed by atoms with van der Waals surface area (Å²) in [7, 11) is -4.01. The molecule has 1 aromatic heterocycles. The van der Waals surface area contributed by atoms with Crippen molar-refractivity contribution in [3.63, 3.8) is 0 Å². The Hall–Kier alpha value is -1.56. The molecule has 0 aliphatic carbocycles. The first kappa shape index (κ1) is 16.8. The van der Waals surface area contributed by atoms with Gasteiger partial charge in [0.1, 0.15) is 11.0 Å². The lowest BCUT2D eigenvalue weighted by atomic mass is 10.0. The smallest absolute Gasteiger partial charge is 0.321 e. The number of aromatic nitrogens is 1. The normalized spacial score (nSPS) is 22.7. The van der Waals surface area contributed by atoms with Crippen molar-refractivity contribution < 1.29 is 23.1 Å². The molecule has 2 atom stereocenters. The van der Waals surface area contributed by atoms with Gasteiger partial charge in [0.05, 0.1) is 6.54 Å². The molecule has 0 saturated carbocycles. The van der Waals surface area contributed by atoms with Gasteiger partial charge in [-0.1, -0.05) is 13.8 Å². The Morgan fingerprint density at radius 3 is 2.77 bits per heavy atom. The van der Waals surface area contributed by atoms with E-state index in [2.05, 4.69) is 10.3 Å². The van der Waals surface area contributed by atoms with Gasteiger partial charge in [-0.3, -0.25) is 14.9 Å². The van der Waals surface area contributed by atoms with Crippen LogP contribution in [-0.2, 0) is 26.3 Å². The third-order valence-corrected chi connectivity index (χ3v) is 5.30. The lowest BCUT2D eigenvalue weighted by Gasteiger charge is -2.25. The van der Waals surface area contributed by atoms with Gasteiger partial charge in [-0.2, -0.15) is 12.7 Å². The van der Waals surface area contributed by atoms with Gasteiger partial charge >= 0.3 is 16.2 Å². The van der Waals surface area contributed by atoms with Crippen LogP contribution in [0.4, 0.5) is 0 Å². The minimum absolute atomic E-state index is 0.110. The molecule has 9 nitrogen and oxygen atoms in total. The molecule has 2 heterocycles. The summed E-state index contributed by atoms with van der Waals surface area (Å²) in [4.78, 5) is 27.1. The summed E-state index contributed by atoms with van der Waals surface area (Å²) < 4.78 is 26.8. The number of hydrogen-bond donors (Lipinski definition) is 3. The summed E-state index contributed by atoms with van der Waals surface area (Å²) in [5.74, 6) is -2.28. The molecule has 0 aromatic carbocycles. The van der Waals surface area contributed by atoms with Crippen molar-refractivity contribution >= 4 is 33.4 Å². The maximum atomic E-state index is 12.0. The predicted octanol–water partition coefficient (Wildman–Crippen LogP) is -0.655. The Balaban J connectivity index is 2.26. The number of hydrogen-bond acceptors (Lipinski definition) is 7. The van der Waals surface area contributed by atoms with E-state index < -0.39 is 34.3 Å². The Morgan fingerprint density at radius 1 is 1.59 bits per heavy atom. The molecule has 0 spiro atoms. The van der Waals surface area contributed by atoms with E-state index in [1.165, 1.54) is 17.5 Å². The SMILES string of the molecule is CC(C)[C@H](N[C@H]1C(=O)NS(=O)(=O)N1Cc1nccs1)C(=O)O. The molecule has 1 aromatic rings. The van der Waals surface area contributed by atoms with E-state index >= 15 is 0 Å². The highest BCUT2D eigenvalue weighted by atomic mass is 32.2. The second-order valence-electron chi connectivity index (χ2n) is 5.07. The van der Waals surface area contributed by atoms with Gasteiger partial charge in [-0.15, -0.1) is 11.3 Å². The monoisotopic (exact) mass is 348 g/mol. The molecule has 3 N–H and O–H groups in total. The Bertz CT molecular complexity index is 658. The fraction of sp³-hybridized carbons (Fsp3) is 0.545. The number of carbonyl (C=O) groups is 2. The van der Waals surface area contributed by atoms with Gasteiger partial charge in [0.25, 0.3) is 5.91 Å². The van der Waals surface area contributed by atoms with Crippen LogP contribution < -0.4 is 10.0 Å². The minimum Gasteiger partial charge on any atom is -0.480 e. The topological polar surface area (TPSA) is 129 Å². The van der Waals surface area contributed by atoms with Gasteiger partial charge < -0.3 is 5.11 Å². The number of nitrogens with one attached hydrogen (secondary N) is 2. The average molecular weight is 348 g/mol. The van der Waals surface area contributed by atoms with Gasteiger partial charge in [0.15, 0.2) is 6.17 Å². The number of carbonyl (C=O) groups excluding carboxylic acids is 1. The van der Waals surface area contributed by atoms with Gasteiger partial charge in [-0.25, -0.2) is 9.71 Å². The van der Waals surface area contributed by atoms with Crippen LogP contribution in [0.5, 0.6) is 0 Å². The zero-order valence-electron chi connectivity index (χ0n) is 11.9. The number of amides is 1. The molecule has 11 heteroatoms. The van der Waals surface area contributed by atoms with Crippen molar-refractivity contribution in [3.8, 4) is 0 Å². The zero-order chi connectivity index (χ0) is 16.5. The van der Waals surface area contributed by atoms with Crippen molar-refractivity contribution in [2.75, 3.05) is 0 Å². The summed E-state index contributed by atoms with van der Waals surface area (Å²) in [6.45, 7) is 3.22. The Morgan fingerprint density at radius 2 is 2.27 bits per heavy atom. The van der Waals surface area contributed by atoms with Crippen molar-refractivity contribution in [3.05, 3.63) is 16.6 Å². The summed E-state index contributed by atoms with van der Waals surface area (Å²) >= 11 is 1.24. The molecule has 1 fully saturated rings. The molecule has 1 aliphatic rings. The van der Waals surface area contributed by atoms with E-state index in [0.29, 0.717) is 5.01 Å². The summed E-state index contributed by atoms with van der Waals surface area (Å²) in [5, 5.41) is 14.0. The van der Waals surface area contributed by atoms with Crippen LogP contribution >= 0.6 is 11.3 Å². The largest absolute Gasteiger partial charge is 0.480 e. The number of carboxylic acids is 1. The molecule has 0 bridgehead atoms. The number of thiazole rings is 1. The second-order valence-corrected chi connectivity index (χ2v) is 7.67. The quantitative estimate of drug-likeness (QED) is 0.623. The molecule has 2 rings (SSSR count). The van der Waals surface area contributed by atoms with Gasteiger partial charge in [-0.05, 0) is 5.92 Å². The Kier molecular flexibility index (Phi) is 4.80. The summed E-state index contributed by atoms with van der Waals surface area (Å²) in [6.07, 6.45) is 0.242. The van der Waals surface area contributed by atoms with E-state index in [9.17, 15) is 23.1 Å². The molecule has 1 saturated heterocycles. The first-order valence-corrected chi connectivity index (χ1v) is 8.75. The van der Waals surface area contributed by atoms with Crippen LogP contribution in [0, 0.1) is 5.92 Å². The summed E-state index contributed by atoms with van der Waals surface area (Å²) in [6, 6.07) is -1.05. The lowest BCUT2D eigenvalue weighted by molar-refractivity contribution is -0.141. The minimum atomic E-state index is -4.01. The van der Waals surface area contributed by atoms with Crippen molar-refractivity contribution in [1.29, 1.82) is 0 Å². The molecular formula is C11H16N4O5S2. The maximum Gasteiger partial charge on any atom is 0.321 e. The van der Waals surface area contributed by atoms with E-state index in [-0.39, 0.29) is 12.5 Å². The number of rotatable bonds is 6. The summed E-state index contributed by atoms with van der Waals surface area (Å²) in [5.41, 5.74) is 0. The highest BCUT2D eigenvalue weighted by molar-refractivity contribution is 7.88. The van der Waals surface area contributed by atoms with Crippen LogP contribution in [0.3, 0.4) is 0 Å². The van der Waals surface area contributed by atoms with Crippen molar-refractivity contribution in [2.45, 2.75) is 32.6 Å². The lowest BCUT2D eigenvalue weighted by Crippen LogP contribution is -2.54. The van der Waals surface area contributed by atoms with Crippen LogP contribution in [0.2, 0.25) is 0 Å². The maximum absolute atomic E-state index is 12.0. The van der Waals surface area contributed by atoms with E-state index in [1.54, 1.807) is 19.2 Å². The number of aliphatic carboxylic acids is 1. The molecule has 22 heavy (non-hydrogen) atoms. The fourth-order valence-corrected chi connectivity index (χ4v) is 3.93. The number of carboxylic acid groups (broad SMARTS) is 1. The molecule has 1 aliphatic heterocycles. The van der Waals surface area contributed by atoms with Crippen LogP contribution in [0.15, 0.2) is 11.6 Å². The van der Waals surface area contributed by atoms with Crippen LogP contribution in [-0.4, -0.2) is 46.9 Å². The fourth-order valence-electron chi connectivity index (χ4n) is 2.03. The van der Waals surface area contributed by atoms with Crippen molar-refractivity contribution in [2.24, 2.45) is 5.92 Å². The number of nitrogens with zero attached hydrogens (tertiary/aromatic N) is 2. The third kappa shape index (κ3) is 3.43. The van der Waals surface area contributed by atoms with Crippen LogP contribution in [0.25, 0.3) is 0 Å². The molecule has 1 amide bonds. The molecular weight excluding hydrogens is 332 g/mol. The van der Waals surface area contributed by atoms with Gasteiger partial charge in [0.2, 0.25) is 0 Å². The second kappa shape index (κ2) is 6.28. The average Bonchev–Trinajstić information content (AvgIpc) is 2.95. The van der Waals surface area contributed by atoms with Gasteiger partial charge in [0, 0.05) is 11.6 Å².